The molecule has 0 bridgehead atoms. The molecule has 0 saturated heterocycles. The minimum atomic E-state index is -0.322. The summed E-state index contributed by atoms with van der Waals surface area (Å²) in [5.41, 5.74) is 0.682. The van der Waals surface area contributed by atoms with Crippen LogP contribution in [0.25, 0.3) is 0 Å². The van der Waals surface area contributed by atoms with Crippen molar-refractivity contribution < 1.29 is 18.9 Å². The Hall–Kier alpha value is -1.43. The molecule has 0 spiro atoms. The van der Waals surface area contributed by atoms with Crippen molar-refractivity contribution in [3.63, 3.8) is 0 Å². The van der Waals surface area contributed by atoms with Gasteiger partial charge < -0.3 is 18.9 Å². The molecule has 5 heteroatoms. The second kappa shape index (κ2) is 8.12. The van der Waals surface area contributed by atoms with E-state index in [9.17, 15) is 0 Å². The number of nitrogens with zero attached hydrogens (tertiary/aromatic N) is 1. The summed E-state index contributed by atoms with van der Waals surface area (Å²) in [4.78, 5) is 4.65. The normalized spacial score (nSPS) is 21.1. The van der Waals surface area contributed by atoms with Gasteiger partial charge in [-0.05, 0) is 19.1 Å². The molecule has 0 N–H and O–H groups in total. The smallest absolute Gasteiger partial charge is 0.216 e. The molecule has 0 aliphatic carbocycles. The van der Waals surface area contributed by atoms with Gasteiger partial charge in [0, 0.05) is 12.7 Å². The van der Waals surface area contributed by atoms with Gasteiger partial charge in [0.25, 0.3) is 0 Å². The Labute approximate surface area is 125 Å². The maximum absolute atomic E-state index is 5.69. The Morgan fingerprint density at radius 1 is 1.10 bits per heavy atom. The van der Waals surface area contributed by atoms with Crippen LogP contribution in [0, 0.1) is 0 Å². The van der Waals surface area contributed by atoms with Crippen molar-refractivity contribution in [3.8, 4) is 0 Å². The van der Waals surface area contributed by atoms with E-state index in [1.165, 1.54) is 0 Å². The number of ether oxygens (including phenoxy) is 4. The first-order chi connectivity index (χ1) is 10.2. The van der Waals surface area contributed by atoms with Gasteiger partial charge in [-0.1, -0.05) is 18.2 Å². The van der Waals surface area contributed by atoms with E-state index < -0.39 is 0 Å². The largest absolute Gasteiger partial charge is 0.475 e. The van der Waals surface area contributed by atoms with Gasteiger partial charge >= 0.3 is 0 Å². The van der Waals surface area contributed by atoms with Crippen molar-refractivity contribution in [1.29, 1.82) is 0 Å². The molecule has 116 valence electrons. The average Bonchev–Trinajstić information content (AvgIpc) is 2.90. The highest BCUT2D eigenvalue weighted by Crippen LogP contribution is 2.21. The first kappa shape index (κ1) is 15.9. The molecule has 1 atom stereocenters. The average molecular weight is 293 g/mol. The molecule has 1 heterocycles. The van der Waals surface area contributed by atoms with Crippen LogP contribution in [-0.4, -0.2) is 58.2 Å². The van der Waals surface area contributed by atoms with Gasteiger partial charge in [0.05, 0.1) is 33.0 Å². The maximum Gasteiger partial charge on any atom is 0.216 e. The van der Waals surface area contributed by atoms with E-state index in [4.69, 9.17) is 18.9 Å². The fourth-order valence-corrected chi connectivity index (χ4v) is 1.99. The van der Waals surface area contributed by atoms with Crippen LogP contribution in [0.15, 0.2) is 35.3 Å². The van der Waals surface area contributed by atoms with E-state index in [1.807, 2.05) is 37.3 Å². The molecule has 1 aliphatic rings. The monoisotopic (exact) mass is 293 g/mol. The van der Waals surface area contributed by atoms with Crippen molar-refractivity contribution in [3.05, 3.63) is 35.9 Å². The second-order valence-corrected chi connectivity index (χ2v) is 5.23. The van der Waals surface area contributed by atoms with Crippen molar-refractivity contribution in [2.45, 2.75) is 12.5 Å². The van der Waals surface area contributed by atoms with Crippen LogP contribution in [0.5, 0.6) is 0 Å². The molecule has 0 radical (unpaired) electrons. The third-order valence-corrected chi connectivity index (χ3v) is 3.13. The van der Waals surface area contributed by atoms with E-state index in [0.717, 1.165) is 5.56 Å². The molecule has 1 aliphatic heterocycles. The zero-order valence-corrected chi connectivity index (χ0v) is 12.7. The van der Waals surface area contributed by atoms with Gasteiger partial charge in [-0.25, -0.2) is 4.99 Å². The highest BCUT2D eigenvalue weighted by Gasteiger charge is 2.32. The van der Waals surface area contributed by atoms with Crippen LogP contribution in [0.4, 0.5) is 0 Å². The lowest BCUT2D eigenvalue weighted by Crippen LogP contribution is -2.31. The van der Waals surface area contributed by atoms with Crippen LogP contribution >= 0.6 is 0 Å². The van der Waals surface area contributed by atoms with Crippen molar-refractivity contribution in [1.82, 2.24) is 0 Å². The fourth-order valence-electron chi connectivity index (χ4n) is 1.99. The topological polar surface area (TPSA) is 49.3 Å². The first-order valence-corrected chi connectivity index (χ1v) is 7.16. The van der Waals surface area contributed by atoms with E-state index in [-0.39, 0.29) is 5.54 Å². The summed E-state index contributed by atoms with van der Waals surface area (Å²) in [6.45, 7) is 5.42. The van der Waals surface area contributed by atoms with E-state index in [1.54, 1.807) is 7.11 Å². The second-order valence-electron chi connectivity index (χ2n) is 5.23. The minimum absolute atomic E-state index is 0.322. The first-order valence-electron chi connectivity index (χ1n) is 7.16. The zero-order valence-electron chi connectivity index (χ0n) is 12.7. The summed E-state index contributed by atoms with van der Waals surface area (Å²) in [6.07, 6.45) is 0. The van der Waals surface area contributed by atoms with Gasteiger partial charge in [-0.15, -0.1) is 0 Å². The van der Waals surface area contributed by atoms with Crippen LogP contribution in [0.3, 0.4) is 0 Å². The SMILES string of the molecule is COCCOCCOCC1(C)COC(c2ccccc2)=N1. The third kappa shape index (κ3) is 5.12. The Bertz CT molecular complexity index is 449. The molecule has 1 aromatic carbocycles. The third-order valence-electron chi connectivity index (χ3n) is 3.13. The summed E-state index contributed by atoms with van der Waals surface area (Å²) in [7, 11) is 1.66. The number of hydrogen-bond donors (Lipinski definition) is 0. The molecule has 1 aromatic rings. The number of methoxy groups -OCH3 is 1. The summed E-state index contributed by atoms with van der Waals surface area (Å²) >= 11 is 0. The van der Waals surface area contributed by atoms with Gasteiger partial charge in [-0.2, -0.15) is 0 Å². The quantitative estimate of drug-likeness (QED) is 0.653. The van der Waals surface area contributed by atoms with Gasteiger partial charge in [0.1, 0.15) is 12.1 Å². The van der Waals surface area contributed by atoms with Crippen LogP contribution in [-0.2, 0) is 18.9 Å². The number of rotatable bonds is 9. The fraction of sp³-hybridized carbons (Fsp3) is 0.562. The number of hydrogen-bond acceptors (Lipinski definition) is 5. The Balaban J connectivity index is 1.72. The molecule has 2 rings (SSSR count). The number of aliphatic imine (C=N–C) groups is 1. The molecule has 21 heavy (non-hydrogen) atoms. The summed E-state index contributed by atoms with van der Waals surface area (Å²) in [5, 5.41) is 0. The lowest BCUT2D eigenvalue weighted by atomic mass is 10.1. The van der Waals surface area contributed by atoms with Gasteiger partial charge in [-0.3, -0.25) is 0 Å². The molecular weight excluding hydrogens is 270 g/mol. The maximum atomic E-state index is 5.69. The van der Waals surface area contributed by atoms with Gasteiger partial charge in [0.2, 0.25) is 5.90 Å². The standard InChI is InChI=1S/C16H23NO4/c1-16(12-20-11-10-19-9-8-18-2)13-21-15(17-16)14-6-4-3-5-7-14/h3-7H,8-13H2,1-2H3. The summed E-state index contributed by atoms with van der Waals surface area (Å²) < 4.78 is 21.6. The lowest BCUT2D eigenvalue weighted by molar-refractivity contribution is 0.0108. The predicted molar refractivity (Wildman–Crippen MR) is 80.9 cm³/mol. The van der Waals surface area contributed by atoms with Crippen molar-refractivity contribution >= 4 is 5.90 Å². The molecule has 1 unspecified atom stereocenters. The Morgan fingerprint density at radius 2 is 1.81 bits per heavy atom. The highest BCUT2D eigenvalue weighted by atomic mass is 16.5. The predicted octanol–water partition coefficient (Wildman–Crippen LogP) is 1.90. The summed E-state index contributed by atoms with van der Waals surface area (Å²) in [6, 6.07) is 9.92. The minimum Gasteiger partial charge on any atom is -0.475 e. The molecule has 0 aromatic heterocycles. The van der Waals surface area contributed by atoms with Gasteiger partial charge in [0.15, 0.2) is 0 Å². The zero-order chi connectivity index (χ0) is 15.0. The van der Waals surface area contributed by atoms with E-state index in [0.29, 0.717) is 45.5 Å². The van der Waals surface area contributed by atoms with Crippen LogP contribution in [0.1, 0.15) is 12.5 Å². The molecular formula is C16H23NO4. The lowest BCUT2D eigenvalue weighted by Gasteiger charge is -2.18. The molecule has 0 saturated carbocycles. The number of benzene rings is 1. The Kier molecular flexibility index (Phi) is 6.17. The summed E-state index contributed by atoms with van der Waals surface area (Å²) in [5.74, 6) is 0.693. The van der Waals surface area contributed by atoms with E-state index in [2.05, 4.69) is 4.99 Å². The molecule has 0 fully saturated rings. The van der Waals surface area contributed by atoms with Crippen LogP contribution in [0.2, 0.25) is 0 Å². The molecule has 5 nitrogen and oxygen atoms in total. The van der Waals surface area contributed by atoms with Crippen molar-refractivity contribution in [2.24, 2.45) is 4.99 Å². The van der Waals surface area contributed by atoms with Crippen LogP contribution < -0.4 is 0 Å². The molecule has 0 amide bonds. The van der Waals surface area contributed by atoms with E-state index >= 15 is 0 Å². The van der Waals surface area contributed by atoms with Crippen molar-refractivity contribution in [2.75, 3.05) is 46.8 Å². The highest BCUT2D eigenvalue weighted by molar-refractivity contribution is 5.95. The Morgan fingerprint density at radius 3 is 2.57 bits per heavy atom.